The van der Waals surface area contributed by atoms with Gasteiger partial charge in [0.1, 0.15) is 0 Å². The van der Waals surface area contributed by atoms with E-state index in [2.05, 4.69) is 107 Å². The zero-order valence-electron chi connectivity index (χ0n) is 28.3. The monoisotopic (exact) mass is 642 g/mol. The van der Waals surface area contributed by atoms with E-state index >= 15 is 0 Å². The molecule has 0 saturated carbocycles. The van der Waals surface area contributed by atoms with Gasteiger partial charge in [-0.15, -0.1) is 0 Å². The molecular formula is C39H50N2O4S. The molecule has 0 radical (unpaired) electrons. The zero-order chi connectivity index (χ0) is 33.4. The molecule has 0 amide bonds. The van der Waals surface area contributed by atoms with Crippen LogP contribution >= 0.6 is 0 Å². The number of nitrogens with zero attached hydrogens (tertiary/aromatic N) is 2. The van der Waals surface area contributed by atoms with Gasteiger partial charge in [0.15, 0.2) is 0 Å². The van der Waals surface area contributed by atoms with Crippen LogP contribution in [0.15, 0.2) is 101 Å². The minimum atomic E-state index is -4.31. The van der Waals surface area contributed by atoms with Crippen molar-refractivity contribution in [3.63, 3.8) is 0 Å². The van der Waals surface area contributed by atoms with Crippen molar-refractivity contribution >= 4 is 21.5 Å². The molecule has 2 heterocycles. The van der Waals surface area contributed by atoms with Crippen molar-refractivity contribution in [3.8, 4) is 0 Å². The third-order valence-corrected chi connectivity index (χ3v) is 11.0. The minimum absolute atomic E-state index is 0.0132. The average molecular weight is 643 g/mol. The van der Waals surface area contributed by atoms with Gasteiger partial charge in [-0.2, -0.15) is 8.42 Å². The normalized spacial score (nSPS) is 22.1. The van der Waals surface area contributed by atoms with Gasteiger partial charge in [0.25, 0.3) is 10.1 Å². The van der Waals surface area contributed by atoms with Crippen LogP contribution < -0.4 is 9.80 Å². The molecule has 1 atom stereocenters. The Hall–Kier alpha value is -3.55. The molecule has 2 aromatic rings. The van der Waals surface area contributed by atoms with Crippen molar-refractivity contribution < 1.29 is 18.1 Å². The van der Waals surface area contributed by atoms with Crippen molar-refractivity contribution in [1.29, 1.82) is 0 Å². The molecule has 1 unspecified atom stereocenters. The molecular weight excluding hydrogens is 593 g/mol. The lowest BCUT2D eigenvalue weighted by molar-refractivity contribution is 0.383. The van der Waals surface area contributed by atoms with E-state index in [1.54, 1.807) is 6.07 Å². The van der Waals surface area contributed by atoms with Crippen LogP contribution in [0.5, 0.6) is 0 Å². The first-order valence-corrected chi connectivity index (χ1v) is 17.9. The highest BCUT2D eigenvalue weighted by molar-refractivity contribution is 7.85. The van der Waals surface area contributed by atoms with Crippen molar-refractivity contribution in [2.45, 2.75) is 101 Å². The van der Waals surface area contributed by atoms with Crippen LogP contribution in [0.3, 0.4) is 0 Å². The van der Waals surface area contributed by atoms with Crippen LogP contribution in [-0.4, -0.2) is 37.7 Å². The van der Waals surface area contributed by atoms with Gasteiger partial charge in [0.2, 0.25) is 0 Å². The highest BCUT2D eigenvalue weighted by Crippen LogP contribution is 2.48. The lowest BCUT2D eigenvalue weighted by atomic mass is 9.80. The highest BCUT2D eigenvalue weighted by atomic mass is 32.2. The average Bonchev–Trinajstić information content (AvgIpc) is 3.31. The number of likely N-dealkylation sites (N-methyl/N-ethyl adjacent to an activating group) is 1. The SMILES string of the molecule is C=C(O)CCCCCN1c2ccc(S(=O)(=O)O)cc2C(C)(C)C1/C=C/C1=CC(=C/C=C2/N(C)c3ccc(C)cc3C2(C)C)/CCC1. The second kappa shape index (κ2) is 12.9. The van der Waals surface area contributed by atoms with Gasteiger partial charge in [0.05, 0.1) is 16.7 Å². The fourth-order valence-electron chi connectivity index (χ4n) is 7.53. The topological polar surface area (TPSA) is 81.1 Å². The molecule has 2 aromatic carbocycles. The summed E-state index contributed by atoms with van der Waals surface area (Å²) in [7, 11) is -2.15. The lowest BCUT2D eigenvalue weighted by Gasteiger charge is -2.32. The van der Waals surface area contributed by atoms with Crippen molar-refractivity contribution in [1.82, 2.24) is 0 Å². The molecule has 46 heavy (non-hydrogen) atoms. The van der Waals surface area contributed by atoms with E-state index in [9.17, 15) is 18.1 Å². The van der Waals surface area contributed by atoms with Crippen LogP contribution in [-0.2, 0) is 20.9 Å². The van der Waals surface area contributed by atoms with Gasteiger partial charge >= 0.3 is 0 Å². The summed E-state index contributed by atoms with van der Waals surface area (Å²) in [4.78, 5) is 4.62. The summed E-state index contributed by atoms with van der Waals surface area (Å²) in [6.45, 7) is 15.5. The first-order valence-electron chi connectivity index (χ1n) is 16.5. The van der Waals surface area contributed by atoms with Crippen LogP contribution in [0.25, 0.3) is 0 Å². The molecule has 0 aromatic heterocycles. The maximum Gasteiger partial charge on any atom is 0.294 e. The molecule has 7 heteroatoms. The Bertz CT molecular complexity index is 1740. The van der Waals surface area contributed by atoms with Gasteiger partial charge in [-0.05, 0) is 91.6 Å². The standard InChI is InChI=1S/C39H50N2O4S/c1-27-15-19-34-32(24-27)38(3,4)36(40(34)7)21-16-29-13-11-14-30(25-29)17-22-37-39(5,6)33-26-31(46(43,44)45)18-20-35(33)41(37)23-10-8-9-12-28(2)42/h15-22,24-26,37,42H,2,8-14,23H2,1,3-7H3,(H,43,44,45)/b22-17+,29-16+,36-21+. The molecule has 2 aliphatic heterocycles. The predicted molar refractivity (Wildman–Crippen MR) is 191 cm³/mol. The molecule has 0 fully saturated rings. The summed E-state index contributed by atoms with van der Waals surface area (Å²) in [5, 5.41) is 9.48. The third-order valence-electron chi connectivity index (χ3n) is 10.1. The number of allylic oxidation sites excluding steroid dienone is 8. The molecule has 3 aliphatic rings. The number of benzene rings is 2. The van der Waals surface area contributed by atoms with Crippen LogP contribution in [0.1, 0.15) is 89.3 Å². The maximum atomic E-state index is 12.0. The fourth-order valence-corrected chi connectivity index (χ4v) is 8.03. The number of fused-ring (bicyclic) bond motifs is 2. The van der Waals surface area contributed by atoms with E-state index in [1.165, 1.54) is 39.7 Å². The Kier molecular flexibility index (Phi) is 9.49. The fraction of sp³-hybridized carbons (Fsp3) is 0.436. The number of anilines is 2. The largest absolute Gasteiger partial charge is 0.513 e. The van der Waals surface area contributed by atoms with Crippen molar-refractivity contribution in [3.05, 3.63) is 113 Å². The Morgan fingerprint density at radius 2 is 1.74 bits per heavy atom. The molecule has 2 N–H and O–H groups in total. The molecule has 5 rings (SSSR count). The summed E-state index contributed by atoms with van der Waals surface area (Å²) in [5.74, 6) is 0.218. The van der Waals surface area contributed by atoms with E-state index in [0.717, 1.165) is 56.3 Å². The molecule has 0 bridgehead atoms. The van der Waals surface area contributed by atoms with E-state index in [-0.39, 0.29) is 27.5 Å². The van der Waals surface area contributed by atoms with E-state index < -0.39 is 10.1 Å². The quantitative estimate of drug-likeness (QED) is 0.153. The van der Waals surface area contributed by atoms with E-state index in [1.807, 2.05) is 6.07 Å². The second-order valence-corrected chi connectivity index (χ2v) is 15.7. The minimum Gasteiger partial charge on any atom is -0.513 e. The van der Waals surface area contributed by atoms with Crippen LogP contribution in [0, 0.1) is 6.92 Å². The highest BCUT2D eigenvalue weighted by Gasteiger charge is 2.43. The Labute approximate surface area is 276 Å². The molecule has 1 aliphatic carbocycles. The molecule has 6 nitrogen and oxygen atoms in total. The van der Waals surface area contributed by atoms with E-state index in [4.69, 9.17) is 0 Å². The van der Waals surface area contributed by atoms with Gasteiger partial charge < -0.3 is 14.9 Å². The lowest BCUT2D eigenvalue weighted by Crippen LogP contribution is -2.40. The Morgan fingerprint density at radius 3 is 2.46 bits per heavy atom. The number of unbranched alkanes of at least 4 members (excludes halogenated alkanes) is 2. The number of rotatable bonds is 10. The van der Waals surface area contributed by atoms with Gasteiger partial charge in [-0.1, -0.05) is 82.7 Å². The van der Waals surface area contributed by atoms with Crippen molar-refractivity contribution in [2.75, 3.05) is 23.4 Å². The Balaban J connectivity index is 1.40. The number of hydrogen-bond donors (Lipinski definition) is 2. The molecule has 246 valence electrons. The summed E-state index contributed by atoms with van der Waals surface area (Å²) in [5.41, 5.74) is 9.32. The van der Waals surface area contributed by atoms with E-state index in [0.29, 0.717) is 6.42 Å². The van der Waals surface area contributed by atoms with Crippen LogP contribution in [0.2, 0.25) is 0 Å². The summed E-state index contributed by atoms with van der Waals surface area (Å²) < 4.78 is 33.8. The first kappa shape index (κ1) is 33.8. The summed E-state index contributed by atoms with van der Waals surface area (Å²) in [6.07, 6.45) is 18.0. The molecule has 0 spiro atoms. The van der Waals surface area contributed by atoms with Gasteiger partial charge in [-0.3, -0.25) is 4.55 Å². The summed E-state index contributed by atoms with van der Waals surface area (Å²) in [6, 6.07) is 11.7. The summed E-state index contributed by atoms with van der Waals surface area (Å²) >= 11 is 0. The van der Waals surface area contributed by atoms with Crippen LogP contribution in [0.4, 0.5) is 11.4 Å². The number of aryl methyl sites for hydroxylation is 1. The smallest absolute Gasteiger partial charge is 0.294 e. The van der Waals surface area contributed by atoms with Crippen molar-refractivity contribution in [2.24, 2.45) is 0 Å². The maximum absolute atomic E-state index is 12.0. The predicted octanol–water partition coefficient (Wildman–Crippen LogP) is 9.24. The number of aliphatic hydroxyl groups excluding tert-OH is 1. The van der Waals surface area contributed by atoms with Gasteiger partial charge in [0, 0.05) is 47.9 Å². The Morgan fingerprint density at radius 1 is 1.00 bits per heavy atom. The zero-order valence-corrected chi connectivity index (χ0v) is 29.1. The third kappa shape index (κ3) is 6.77. The second-order valence-electron chi connectivity index (χ2n) is 14.3. The molecule has 0 saturated heterocycles. The van der Waals surface area contributed by atoms with Gasteiger partial charge in [-0.25, -0.2) is 0 Å². The number of aliphatic hydroxyl groups is 1. The number of hydrogen-bond acceptors (Lipinski definition) is 5. The first-order chi connectivity index (χ1) is 21.6.